The van der Waals surface area contributed by atoms with Crippen molar-refractivity contribution in [3.05, 3.63) is 71.4 Å². The van der Waals surface area contributed by atoms with Crippen molar-refractivity contribution in [2.75, 3.05) is 10.0 Å². The van der Waals surface area contributed by atoms with E-state index in [0.29, 0.717) is 17.5 Å². The Morgan fingerprint density at radius 1 is 1.06 bits per heavy atom. The van der Waals surface area contributed by atoms with Crippen LogP contribution in [0.5, 0.6) is 0 Å². The van der Waals surface area contributed by atoms with E-state index in [9.17, 15) is 26.4 Å². The van der Waals surface area contributed by atoms with Gasteiger partial charge >= 0.3 is 6.18 Å². The molecule has 5 rings (SSSR count). The number of aromatic nitrogens is 2. The van der Waals surface area contributed by atoms with Gasteiger partial charge < -0.3 is 10.3 Å². The highest BCUT2D eigenvalue weighted by atomic mass is 35.5. The van der Waals surface area contributed by atoms with Gasteiger partial charge in [-0.1, -0.05) is 23.7 Å². The fraction of sp³-hybridized carbons (Fsp3) is 0.167. The predicted octanol–water partition coefficient (Wildman–Crippen LogP) is 6.05. The number of anilines is 2. The van der Waals surface area contributed by atoms with E-state index in [0.717, 1.165) is 41.5 Å². The summed E-state index contributed by atoms with van der Waals surface area (Å²) in [7, 11) is -4.31. The normalized spacial score (nSPS) is 14.1. The Morgan fingerprint density at radius 2 is 1.78 bits per heavy atom. The summed E-state index contributed by atoms with van der Waals surface area (Å²) in [4.78, 5) is 19.1. The van der Waals surface area contributed by atoms with Gasteiger partial charge in [0.25, 0.3) is 10.0 Å². The van der Waals surface area contributed by atoms with Gasteiger partial charge in [0.15, 0.2) is 0 Å². The molecule has 2 aromatic carbocycles. The van der Waals surface area contributed by atoms with E-state index in [1.165, 1.54) is 12.1 Å². The molecular formula is C24H18ClF3N4O3S. The molecule has 0 saturated heterocycles. The summed E-state index contributed by atoms with van der Waals surface area (Å²) < 4.78 is 67.2. The topological polar surface area (TPSA) is 104 Å². The van der Waals surface area contributed by atoms with Crippen molar-refractivity contribution in [3.63, 3.8) is 0 Å². The Morgan fingerprint density at radius 3 is 2.44 bits per heavy atom. The highest BCUT2D eigenvalue weighted by Gasteiger charge is 2.34. The van der Waals surface area contributed by atoms with Crippen molar-refractivity contribution in [2.24, 2.45) is 5.92 Å². The molecule has 1 saturated carbocycles. The number of nitrogens with one attached hydrogen (secondary N) is 3. The average Bonchev–Trinajstić information content (AvgIpc) is 3.56. The minimum Gasteiger partial charge on any atom is -0.346 e. The maximum Gasteiger partial charge on any atom is 0.417 e. The first kappa shape index (κ1) is 24.1. The third kappa shape index (κ3) is 4.89. The number of sulfonamides is 1. The first-order valence-corrected chi connectivity index (χ1v) is 12.7. The number of hydrogen-bond acceptors (Lipinski definition) is 4. The zero-order valence-electron chi connectivity index (χ0n) is 18.4. The molecule has 0 bridgehead atoms. The fourth-order valence-electron chi connectivity index (χ4n) is 3.74. The van der Waals surface area contributed by atoms with Crippen LogP contribution in [0.3, 0.4) is 0 Å². The molecule has 1 fully saturated rings. The molecule has 7 nitrogen and oxygen atoms in total. The SMILES string of the molecule is O=C(Nc1cc(-c2ccc(NS(=O)(=O)c3ccc(Cl)c(C(F)(F)F)c3)cc2)c2cc[nH]c2n1)C1CC1. The highest BCUT2D eigenvalue weighted by molar-refractivity contribution is 7.92. The molecule has 186 valence electrons. The van der Waals surface area contributed by atoms with Crippen molar-refractivity contribution < 1.29 is 26.4 Å². The second-order valence-electron chi connectivity index (χ2n) is 8.38. The van der Waals surface area contributed by atoms with E-state index in [4.69, 9.17) is 11.6 Å². The van der Waals surface area contributed by atoms with Crippen LogP contribution >= 0.6 is 11.6 Å². The molecule has 1 aliphatic rings. The van der Waals surface area contributed by atoms with Crippen LogP contribution in [0.2, 0.25) is 5.02 Å². The van der Waals surface area contributed by atoms with Crippen molar-refractivity contribution >= 4 is 50.1 Å². The largest absolute Gasteiger partial charge is 0.417 e. The molecule has 36 heavy (non-hydrogen) atoms. The Bertz CT molecular complexity index is 1580. The number of hydrogen-bond donors (Lipinski definition) is 3. The summed E-state index contributed by atoms with van der Waals surface area (Å²) >= 11 is 5.59. The summed E-state index contributed by atoms with van der Waals surface area (Å²) in [5, 5.41) is 3.03. The highest BCUT2D eigenvalue weighted by Crippen LogP contribution is 2.37. The van der Waals surface area contributed by atoms with E-state index in [2.05, 4.69) is 20.0 Å². The predicted molar refractivity (Wildman–Crippen MR) is 130 cm³/mol. The second-order valence-corrected chi connectivity index (χ2v) is 10.5. The number of H-pyrrole nitrogens is 1. The third-order valence-electron chi connectivity index (χ3n) is 5.73. The van der Waals surface area contributed by atoms with E-state index in [-0.39, 0.29) is 17.5 Å². The van der Waals surface area contributed by atoms with Gasteiger partial charge in [-0.3, -0.25) is 9.52 Å². The summed E-state index contributed by atoms with van der Waals surface area (Å²) in [5.41, 5.74) is 0.975. The maximum atomic E-state index is 13.1. The van der Waals surface area contributed by atoms with Gasteiger partial charge in [0.05, 0.1) is 15.5 Å². The molecule has 0 radical (unpaired) electrons. The van der Waals surface area contributed by atoms with E-state index < -0.39 is 31.7 Å². The van der Waals surface area contributed by atoms with Gasteiger partial charge in [-0.15, -0.1) is 0 Å². The molecule has 12 heteroatoms. The third-order valence-corrected chi connectivity index (χ3v) is 7.44. The zero-order chi connectivity index (χ0) is 25.7. The Kier molecular flexibility index (Phi) is 5.92. The quantitative estimate of drug-likeness (QED) is 0.280. The number of carbonyl (C=O) groups is 1. The van der Waals surface area contributed by atoms with Gasteiger partial charge in [0.1, 0.15) is 11.5 Å². The van der Waals surface area contributed by atoms with E-state index >= 15 is 0 Å². The molecule has 2 heterocycles. The lowest BCUT2D eigenvalue weighted by molar-refractivity contribution is -0.137. The minimum atomic E-state index is -4.80. The number of fused-ring (bicyclic) bond motifs is 1. The monoisotopic (exact) mass is 534 g/mol. The molecule has 4 aromatic rings. The van der Waals surface area contributed by atoms with Crippen molar-refractivity contribution in [1.82, 2.24) is 9.97 Å². The van der Waals surface area contributed by atoms with Crippen LogP contribution in [-0.4, -0.2) is 24.3 Å². The molecule has 0 spiro atoms. The first-order valence-electron chi connectivity index (χ1n) is 10.8. The molecular weight excluding hydrogens is 517 g/mol. The molecule has 1 amide bonds. The number of aromatic amines is 1. The van der Waals surface area contributed by atoms with Gasteiger partial charge in [-0.05, 0) is 66.4 Å². The van der Waals surface area contributed by atoms with Crippen LogP contribution < -0.4 is 10.0 Å². The van der Waals surface area contributed by atoms with Gasteiger partial charge in [-0.25, -0.2) is 13.4 Å². The summed E-state index contributed by atoms with van der Waals surface area (Å²) in [6.45, 7) is 0. The first-order chi connectivity index (χ1) is 17.0. The Labute approximate surface area is 208 Å². The molecule has 0 unspecified atom stereocenters. The smallest absolute Gasteiger partial charge is 0.346 e. The van der Waals surface area contributed by atoms with Gasteiger partial charge in [-0.2, -0.15) is 13.2 Å². The van der Waals surface area contributed by atoms with Gasteiger partial charge in [0.2, 0.25) is 5.91 Å². The lowest BCUT2D eigenvalue weighted by atomic mass is 10.0. The number of rotatable bonds is 6. The summed E-state index contributed by atoms with van der Waals surface area (Å²) in [6, 6.07) is 12.3. The van der Waals surface area contributed by atoms with Crippen LogP contribution in [-0.2, 0) is 21.0 Å². The number of halogens is 4. The van der Waals surface area contributed by atoms with Crippen LogP contribution in [0.15, 0.2) is 65.7 Å². The maximum absolute atomic E-state index is 13.1. The minimum absolute atomic E-state index is 0.00902. The molecule has 1 aliphatic carbocycles. The number of pyridine rings is 1. The number of carbonyl (C=O) groups excluding carboxylic acids is 1. The second kappa shape index (κ2) is 8.82. The Hall–Kier alpha value is -3.57. The van der Waals surface area contributed by atoms with Crippen LogP contribution in [0.25, 0.3) is 22.2 Å². The molecule has 3 N–H and O–H groups in total. The van der Waals surface area contributed by atoms with Crippen molar-refractivity contribution in [1.29, 1.82) is 0 Å². The lowest BCUT2D eigenvalue weighted by Gasteiger charge is -2.13. The molecule has 0 atom stereocenters. The number of benzene rings is 2. The Balaban J connectivity index is 1.42. The van der Waals surface area contributed by atoms with Gasteiger partial charge in [0, 0.05) is 23.2 Å². The fourth-order valence-corrected chi connectivity index (χ4v) is 5.04. The lowest BCUT2D eigenvalue weighted by Crippen LogP contribution is -2.15. The number of alkyl halides is 3. The molecule has 2 aromatic heterocycles. The van der Waals surface area contributed by atoms with Crippen molar-refractivity contribution in [3.8, 4) is 11.1 Å². The molecule has 0 aliphatic heterocycles. The van der Waals surface area contributed by atoms with E-state index in [1.807, 2.05) is 6.07 Å². The summed E-state index contributed by atoms with van der Waals surface area (Å²) in [6.07, 6.45) is -1.37. The average molecular weight is 535 g/mol. The standard InChI is InChI=1S/C24H18ClF3N4O3S/c25-20-8-7-16(11-19(20)24(26,27)28)36(34,35)32-15-5-3-13(4-6-15)18-12-21(31-23(33)14-1-2-14)30-22-17(18)9-10-29-22/h3-12,14,32H,1-2H2,(H2,29,30,31,33). The number of amides is 1. The van der Waals surface area contributed by atoms with Crippen LogP contribution in [0, 0.1) is 5.92 Å². The summed E-state index contributed by atoms with van der Waals surface area (Å²) in [5.74, 6) is 0.319. The zero-order valence-corrected chi connectivity index (χ0v) is 19.9. The number of nitrogens with zero attached hydrogens (tertiary/aromatic N) is 1. The van der Waals surface area contributed by atoms with E-state index in [1.54, 1.807) is 24.4 Å². The van der Waals surface area contributed by atoms with Crippen LogP contribution in [0.1, 0.15) is 18.4 Å². The van der Waals surface area contributed by atoms with Crippen molar-refractivity contribution in [2.45, 2.75) is 23.9 Å². The van der Waals surface area contributed by atoms with Crippen LogP contribution in [0.4, 0.5) is 24.7 Å².